The van der Waals surface area contributed by atoms with Crippen molar-refractivity contribution in [1.82, 2.24) is 10.2 Å². The number of urea groups is 1. The number of ether oxygens (including phenoxy) is 1. The van der Waals surface area contributed by atoms with Gasteiger partial charge in [0.1, 0.15) is 5.75 Å². The molecule has 0 saturated heterocycles. The van der Waals surface area contributed by atoms with Crippen molar-refractivity contribution in [1.29, 1.82) is 0 Å². The Hall–Kier alpha value is -1.71. The third-order valence-electron chi connectivity index (χ3n) is 2.76. The minimum atomic E-state index is -0.0600. The van der Waals surface area contributed by atoms with E-state index in [1.807, 2.05) is 19.1 Å². The van der Waals surface area contributed by atoms with E-state index in [4.69, 9.17) is 4.74 Å². The molecule has 0 spiro atoms. The van der Waals surface area contributed by atoms with E-state index in [2.05, 4.69) is 11.4 Å². The second kappa shape index (κ2) is 6.13. The molecule has 0 aromatic heterocycles. The molecule has 1 rings (SSSR count). The van der Waals surface area contributed by atoms with Crippen LogP contribution in [0.25, 0.3) is 0 Å². The average Bonchev–Trinajstić information content (AvgIpc) is 2.35. The second-order valence-electron chi connectivity index (χ2n) is 4.03. The van der Waals surface area contributed by atoms with Crippen LogP contribution in [0.5, 0.6) is 5.75 Å². The minimum absolute atomic E-state index is 0.0600. The molecule has 0 aliphatic rings. The Morgan fingerprint density at radius 2 is 2.18 bits per heavy atom. The predicted molar refractivity (Wildman–Crippen MR) is 68.5 cm³/mol. The number of aryl methyl sites for hydroxylation is 1. The molecule has 2 amide bonds. The normalized spacial score (nSPS) is 9.88. The maximum Gasteiger partial charge on any atom is 0.316 e. The number of nitrogens with zero attached hydrogens (tertiary/aromatic N) is 1. The summed E-state index contributed by atoms with van der Waals surface area (Å²) < 4.78 is 5.21. The Morgan fingerprint density at radius 3 is 2.71 bits per heavy atom. The molecule has 0 fully saturated rings. The molecule has 0 saturated carbocycles. The summed E-state index contributed by atoms with van der Waals surface area (Å²) in [4.78, 5) is 13.0. The molecule has 0 unspecified atom stereocenters. The van der Waals surface area contributed by atoms with Crippen LogP contribution in [-0.2, 0) is 6.42 Å². The lowest BCUT2D eigenvalue weighted by atomic mass is 10.1. The van der Waals surface area contributed by atoms with E-state index in [-0.39, 0.29) is 6.03 Å². The standard InChI is InChI=1S/C13H20N2O2/c1-10-9-11(5-6-12(10)17-4)7-8-15(3)13(16)14-2/h5-6,9H,7-8H2,1-4H3,(H,14,16). The highest BCUT2D eigenvalue weighted by atomic mass is 16.5. The summed E-state index contributed by atoms with van der Waals surface area (Å²) in [7, 11) is 5.09. The first-order chi connectivity index (χ1) is 8.08. The fraction of sp³-hybridized carbons (Fsp3) is 0.462. The fourth-order valence-corrected chi connectivity index (χ4v) is 1.69. The molecule has 0 bridgehead atoms. The molecule has 0 heterocycles. The number of rotatable bonds is 4. The predicted octanol–water partition coefficient (Wildman–Crippen LogP) is 1.82. The zero-order valence-electron chi connectivity index (χ0n) is 10.9. The molecule has 0 radical (unpaired) electrons. The average molecular weight is 236 g/mol. The summed E-state index contributed by atoms with van der Waals surface area (Å²) in [5.41, 5.74) is 2.33. The van der Waals surface area contributed by atoms with Crippen molar-refractivity contribution >= 4 is 6.03 Å². The van der Waals surface area contributed by atoms with E-state index in [0.29, 0.717) is 6.54 Å². The smallest absolute Gasteiger partial charge is 0.316 e. The summed E-state index contributed by atoms with van der Waals surface area (Å²) in [6, 6.07) is 6.03. The molecule has 0 aliphatic carbocycles. The van der Waals surface area contributed by atoms with Crippen LogP contribution in [0, 0.1) is 6.92 Å². The van der Waals surface area contributed by atoms with Gasteiger partial charge in [-0.15, -0.1) is 0 Å². The Labute approximate surface area is 103 Å². The van der Waals surface area contributed by atoms with Gasteiger partial charge in [0.2, 0.25) is 0 Å². The number of carbonyl (C=O) groups is 1. The number of hydrogen-bond acceptors (Lipinski definition) is 2. The maximum atomic E-state index is 11.3. The van der Waals surface area contributed by atoms with Gasteiger partial charge in [-0.25, -0.2) is 4.79 Å². The largest absolute Gasteiger partial charge is 0.496 e. The van der Waals surface area contributed by atoms with Crippen molar-refractivity contribution in [2.75, 3.05) is 27.7 Å². The molecular formula is C13H20N2O2. The number of amides is 2. The number of benzene rings is 1. The lowest BCUT2D eigenvalue weighted by molar-refractivity contribution is 0.211. The van der Waals surface area contributed by atoms with Gasteiger partial charge in [0.25, 0.3) is 0 Å². The molecule has 1 aromatic carbocycles. The van der Waals surface area contributed by atoms with Crippen molar-refractivity contribution in [3.05, 3.63) is 29.3 Å². The number of carbonyl (C=O) groups excluding carboxylic acids is 1. The summed E-state index contributed by atoms with van der Waals surface area (Å²) in [6.45, 7) is 2.72. The number of hydrogen-bond donors (Lipinski definition) is 1. The lowest BCUT2D eigenvalue weighted by Crippen LogP contribution is -2.36. The quantitative estimate of drug-likeness (QED) is 0.866. The number of nitrogens with one attached hydrogen (secondary N) is 1. The van der Waals surface area contributed by atoms with Gasteiger partial charge >= 0.3 is 6.03 Å². The highest BCUT2D eigenvalue weighted by molar-refractivity contribution is 5.73. The number of likely N-dealkylation sites (N-methyl/N-ethyl adjacent to an activating group) is 1. The molecule has 4 nitrogen and oxygen atoms in total. The third kappa shape index (κ3) is 3.66. The van der Waals surface area contributed by atoms with Gasteiger partial charge in [0.05, 0.1) is 7.11 Å². The Kier molecular flexibility index (Phi) is 4.82. The summed E-state index contributed by atoms with van der Waals surface area (Å²) in [5.74, 6) is 0.897. The molecule has 0 aliphatic heterocycles. The highest BCUT2D eigenvalue weighted by Crippen LogP contribution is 2.18. The van der Waals surface area contributed by atoms with Crippen LogP contribution in [0.15, 0.2) is 18.2 Å². The summed E-state index contributed by atoms with van der Waals surface area (Å²) in [6.07, 6.45) is 0.842. The zero-order chi connectivity index (χ0) is 12.8. The first kappa shape index (κ1) is 13.4. The van der Waals surface area contributed by atoms with Crippen LogP contribution >= 0.6 is 0 Å². The van der Waals surface area contributed by atoms with Gasteiger partial charge in [0.15, 0.2) is 0 Å². The van der Waals surface area contributed by atoms with Gasteiger partial charge in [-0.1, -0.05) is 12.1 Å². The number of methoxy groups -OCH3 is 1. The zero-order valence-corrected chi connectivity index (χ0v) is 10.9. The lowest BCUT2D eigenvalue weighted by Gasteiger charge is -2.16. The SMILES string of the molecule is CNC(=O)N(C)CCc1ccc(OC)c(C)c1. The van der Waals surface area contributed by atoms with Crippen LogP contribution in [0.3, 0.4) is 0 Å². The van der Waals surface area contributed by atoms with Crippen LogP contribution < -0.4 is 10.1 Å². The third-order valence-corrected chi connectivity index (χ3v) is 2.76. The Bertz CT molecular complexity index is 391. The maximum absolute atomic E-state index is 11.3. The molecular weight excluding hydrogens is 216 g/mol. The van der Waals surface area contributed by atoms with Crippen molar-refractivity contribution in [3.8, 4) is 5.75 Å². The Balaban J connectivity index is 2.58. The van der Waals surface area contributed by atoms with Gasteiger partial charge in [-0.05, 0) is 30.5 Å². The first-order valence-electron chi connectivity index (χ1n) is 5.65. The molecule has 4 heteroatoms. The Morgan fingerprint density at radius 1 is 1.47 bits per heavy atom. The van der Waals surface area contributed by atoms with E-state index >= 15 is 0 Å². The van der Waals surface area contributed by atoms with E-state index in [1.54, 1.807) is 26.1 Å². The molecule has 1 N–H and O–H groups in total. The topological polar surface area (TPSA) is 41.6 Å². The van der Waals surface area contributed by atoms with Crippen molar-refractivity contribution in [3.63, 3.8) is 0 Å². The van der Waals surface area contributed by atoms with Gasteiger partial charge in [0, 0.05) is 20.6 Å². The van der Waals surface area contributed by atoms with Crippen molar-refractivity contribution in [2.45, 2.75) is 13.3 Å². The minimum Gasteiger partial charge on any atom is -0.496 e. The van der Waals surface area contributed by atoms with E-state index in [1.165, 1.54) is 5.56 Å². The highest BCUT2D eigenvalue weighted by Gasteiger charge is 2.06. The van der Waals surface area contributed by atoms with Gasteiger partial charge in [-0.2, -0.15) is 0 Å². The van der Waals surface area contributed by atoms with E-state index < -0.39 is 0 Å². The van der Waals surface area contributed by atoms with Gasteiger partial charge in [-0.3, -0.25) is 0 Å². The van der Waals surface area contributed by atoms with Crippen LogP contribution in [0.4, 0.5) is 4.79 Å². The van der Waals surface area contributed by atoms with Crippen molar-refractivity contribution < 1.29 is 9.53 Å². The second-order valence-corrected chi connectivity index (χ2v) is 4.03. The van der Waals surface area contributed by atoms with Crippen LogP contribution in [0.2, 0.25) is 0 Å². The molecule has 94 valence electrons. The van der Waals surface area contributed by atoms with E-state index in [0.717, 1.165) is 17.7 Å². The monoisotopic (exact) mass is 236 g/mol. The summed E-state index contributed by atoms with van der Waals surface area (Å²) in [5, 5.41) is 2.60. The van der Waals surface area contributed by atoms with Crippen LogP contribution in [0.1, 0.15) is 11.1 Å². The van der Waals surface area contributed by atoms with Crippen molar-refractivity contribution in [2.24, 2.45) is 0 Å². The van der Waals surface area contributed by atoms with Crippen LogP contribution in [-0.4, -0.2) is 38.7 Å². The molecule has 1 aromatic rings. The van der Waals surface area contributed by atoms with E-state index in [9.17, 15) is 4.79 Å². The molecule has 0 atom stereocenters. The fourth-order valence-electron chi connectivity index (χ4n) is 1.69. The first-order valence-corrected chi connectivity index (χ1v) is 5.65. The van der Waals surface area contributed by atoms with Gasteiger partial charge < -0.3 is 15.0 Å². The molecule has 17 heavy (non-hydrogen) atoms. The summed E-state index contributed by atoms with van der Waals surface area (Å²) >= 11 is 0.